The Bertz CT molecular complexity index is 994. The number of halogens is 2. The van der Waals surface area contributed by atoms with E-state index in [0.29, 0.717) is 16.6 Å². The molecule has 4 nitrogen and oxygen atoms in total. The number of carbonyl (C=O) groups excluding carboxylic acids is 1. The highest BCUT2D eigenvalue weighted by molar-refractivity contribution is 8.00. The summed E-state index contributed by atoms with van der Waals surface area (Å²) < 4.78 is 3.31. The fraction of sp³-hybridized carbons (Fsp3) is 0.0952. The predicted molar refractivity (Wildman–Crippen MR) is 119 cm³/mol. The third-order valence-corrected chi connectivity index (χ3v) is 5.61. The maximum Gasteiger partial charge on any atom is 0.326 e. The molecule has 0 unspecified atom stereocenters. The van der Waals surface area contributed by atoms with Gasteiger partial charge in [0.2, 0.25) is 0 Å². The van der Waals surface area contributed by atoms with Crippen molar-refractivity contribution in [1.82, 2.24) is 0 Å². The zero-order valence-corrected chi connectivity index (χ0v) is 17.1. The van der Waals surface area contributed by atoms with Crippen LogP contribution in [0.3, 0.4) is 0 Å². The maximum absolute atomic E-state index is 12.6. The summed E-state index contributed by atoms with van der Waals surface area (Å²) in [5.41, 5.74) is 3.83. The lowest BCUT2D eigenvalue weighted by Gasteiger charge is -2.18. The van der Waals surface area contributed by atoms with Crippen molar-refractivity contribution < 1.29 is 4.79 Å². The van der Waals surface area contributed by atoms with Crippen molar-refractivity contribution in [2.45, 2.75) is 11.3 Å². The molecule has 2 N–H and O–H groups in total. The lowest BCUT2D eigenvalue weighted by atomic mass is 10.1. The normalized spacial score (nSPS) is 12.6. The Morgan fingerprint density at radius 1 is 0.929 bits per heavy atom. The van der Waals surface area contributed by atoms with Crippen molar-refractivity contribution in [2.24, 2.45) is 0 Å². The van der Waals surface area contributed by atoms with Gasteiger partial charge < -0.3 is 10.0 Å². The summed E-state index contributed by atoms with van der Waals surface area (Å²) in [5, 5.41) is 4.14. The predicted octanol–water partition coefficient (Wildman–Crippen LogP) is 6.71. The SMILES string of the molecule is O=C(Nc1ccccc1)N1CCc2cc(NSc3cc(Cl)cc(Cl)c3)ccc21. The van der Waals surface area contributed by atoms with Crippen LogP contribution in [0.5, 0.6) is 0 Å². The molecule has 0 fully saturated rings. The molecule has 1 aliphatic rings. The number of fused-ring (bicyclic) bond motifs is 1. The average Bonchev–Trinajstić information content (AvgIpc) is 3.10. The first-order chi connectivity index (χ1) is 13.6. The third-order valence-electron chi connectivity index (χ3n) is 4.37. The highest BCUT2D eigenvalue weighted by atomic mass is 35.5. The number of nitrogens with zero attached hydrogens (tertiary/aromatic N) is 1. The van der Waals surface area contributed by atoms with Crippen molar-refractivity contribution in [3.63, 3.8) is 0 Å². The number of para-hydroxylation sites is 1. The van der Waals surface area contributed by atoms with E-state index < -0.39 is 0 Å². The van der Waals surface area contributed by atoms with Crippen LogP contribution >= 0.6 is 35.1 Å². The summed E-state index contributed by atoms with van der Waals surface area (Å²) in [6, 6.07) is 20.8. The molecule has 142 valence electrons. The molecule has 2 amide bonds. The molecule has 3 aromatic rings. The van der Waals surface area contributed by atoms with Gasteiger partial charge in [-0.3, -0.25) is 4.90 Å². The largest absolute Gasteiger partial charge is 0.326 e. The molecular weight excluding hydrogens is 413 g/mol. The molecule has 0 aliphatic carbocycles. The van der Waals surface area contributed by atoms with Gasteiger partial charge in [-0.05, 0) is 72.5 Å². The molecule has 0 atom stereocenters. The Labute approximate surface area is 178 Å². The number of hydrogen-bond acceptors (Lipinski definition) is 3. The van der Waals surface area contributed by atoms with E-state index in [1.807, 2.05) is 54.6 Å². The van der Waals surface area contributed by atoms with E-state index in [1.165, 1.54) is 11.9 Å². The Morgan fingerprint density at radius 3 is 2.43 bits per heavy atom. The quantitative estimate of drug-likeness (QED) is 0.453. The Morgan fingerprint density at radius 2 is 1.68 bits per heavy atom. The summed E-state index contributed by atoms with van der Waals surface area (Å²) in [6.07, 6.45) is 0.820. The van der Waals surface area contributed by atoms with Crippen LogP contribution in [0.2, 0.25) is 10.0 Å². The standard InChI is InChI=1S/C21H17Cl2N3OS/c22-15-11-16(23)13-19(12-15)28-25-18-6-7-20-14(10-18)8-9-26(20)21(27)24-17-4-2-1-3-5-17/h1-7,10-13,25H,8-9H2,(H,24,27). The molecule has 0 saturated carbocycles. The van der Waals surface area contributed by atoms with E-state index in [-0.39, 0.29) is 6.03 Å². The number of urea groups is 1. The lowest BCUT2D eigenvalue weighted by Crippen LogP contribution is -2.33. The summed E-state index contributed by atoms with van der Waals surface area (Å²) in [7, 11) is 0. The lowest BCUT2D eigenvalue weighted by molar-refractivity contribution is 0.257. The van der Waals surface area contributed by atoms with Gasteiger partial charge in [0.15, 0.2) is 0 Å². The van der Waals surface area contributed by atoms with Crippen LogP contribution < -0.4 is 14.9 Å². The molecule has 4 rings (SSSR count). The minimum Gasteiger partial charge on any atom is -0.326 e. The minimum atomic E-state index is -0.117. The second-order valence-electron chi connectivity index (χ2n) is 6.35. The second kappa shape index (κ2) is 8.35. The van der Waals surface area contributed by atoms with Gasteiger partial charge in [0.1, 0.15) is 0 Å². The van der Waals surface area contributed by atoms with E-state index >= 15 is 0 Å². The molecule has 1 aliphatic heterocycles. The zero-order valence-electron chi connectivity index (χ0n) is 14.8. The first-order valence-corrected chi connectivity index (χ1v) is 10.3. The molecule has 0 spiro atoms. The van der Waals surface area contributed by atoms with Crippen molar-refractivity contribution in [3.8, 4) is 0 Å². The van der Waals surface area contributed by atoms with Crippen molar-refractivity contribution in [2.75, 3.05) is 21.5 Å². The second-order valence-corrected chi connectivity index (χ2v) is 8.10. The zero-order chi connectivity index (χ0) is 19.5. The Balaban J connectivity index is 1.43. The molecule has 0 bridgehead atoms. The highest BCUT2D eigenvalue weighted by Crippen LogP contribution is 2.33. The molecule has 7 heteroatoms. The average molecular weight is 430 g/mol. The number of nitrogens with one attached hydrogen (secondary N) is 2. The van der Waals surface area contributed by atoms with Crippen LogP contribution in [0, 0.1) is 0 Å². The van der Waals surface area contributed by atoms with Gasteiger partial charge in [-0.1, -0.05) is 41.4 Å². The molecule has 1 heterocycles. The first kappa shape index (κ1) is 19.0. The Hall–Kier alpha value is -2.34. The highest BCUT2D eigenvalue weighted by Gasteiger charge is 2.24. The topological polar surface area (TPSA) is 44.4 Å². The fourth-order valence-electron chi connectivity index (χ4n) is 3.09. The number of amides is 2. The van der Waals surface area contributed by atoms with Gasteiger partial charge in [0, 0.05) is 38.5 Å². The van der Waals surface area contributed by atoms with Crippen LogP contribution in [-0.4, -0.2) is 12.6 Å². The first-order valence-electron chi connectivity index (χ1n) is 8.74. The summed E-state index contributed by atoms with van der Waals surface area (Å²) in [6.45, 7) is 0.661. The van der Waals surface area contributed by atoms with Gasteiger partial charge in [0.25, 0.3) is 0 Å². The number of anilines is 3. The van der Waals surface area contributed by atoms with E-state index in [4.69, 9.17) is 23.2 Å². The number of carbonyl (C=O) groups is 1. The molecule has 0 aromatic heterocycles. The van der Waals surface area contributed by atoms with Crippen LogP contribution in [0.4, 0.5) is 21.9 Å². The number of rotatable bonds is 4. The van der Waals surface area contributed by atoms with E-state index in [1.54, 1.807) is 11.0 Å². The van der Waals surface area contributed by atoms with Crippen molar-refractivity contribution in [1.29, 1.82) is 0 Å². The van der Waals surface area contributed by atoms with Gasteiger partial charge >= 0.3 is 6.03 Å². The fourth-order valence-corrected chi connectivity index (χ4v) is 4.48. The van der Waals surface area contributed by atoms with Gasteiger partial charge in [-0.25, -0.2) is 4.79 Å². The third kappa shape index (κ3) is 4.38. The van der Waals surface area contributed by atoms with Gasteiger partial charge in [-0.15, -0.1) is 0 Å². The van der Waals surface area contributed by atoms with Crippen LogP contribution in [0.25, 0.3) is 0 Å². The van der Waals surface area contributed by atoms with Crippen LogP contribution in [-0.2, 0) is 6.42 Å². The van der Waals surface area contributed by atoms with E-state index in [9.17, 15) is 4.79 Å². The molecular formula is C21H17Cl2N3OS. The number of benzene rings is 3. The maximum atomic E-state index is 12.6. The molecule has 3 aromatic carbocycles. The van der Waals surface area contributed by atoms with E-state index in [2.05, 4.69) is 16.1 Å². The molecule has 28 heavy (non-hydrogen) atoms. The smallest absolute Gasteiger partial charge is 0.326 e. The van der Waals surface area contributed by atoms with Crippen molar-refractivity contribution >= 4 is 58.2 Å². The monoisotopic (exact) mass is 429 g/mol. The van der Waals surface area contributed by atoms with Gasteiger partial charge in [0.05, 0.1) is 0 Å². The van der Waals surface area contributed by atoms with Gasteiger partial charge in [-0.2, -0.15) is 0 Å². The number of hydrogen-bond donors (Lipinski definition) is 2. The molecule has 0 saturated heterocycles. The summed E-state index contributed by atoms with van der Waals surface area (Å²) in [5.74, 6) is 0. The summed E-state index contributed by atoms with van der Waals surface area (Å²) in [4.78, 5) is 15.3. The van der Waals surface area contributed by atoms with Crippen molar-refractivity contribution in [3.05, 3.63) is 82.3 Å². The minimum absolute atomic E-state index is 0.117. The molecule has 0 radical (unpaired) electrons. The summed E-state index contributed by atoms with van der Waals surface area (Å²) >= 11 is 13.5. The van der Waals surface area contributed by atoms with E-state index in [0.717, 1.165) is 33.9 Å². The van der Waals surface area contributed by atoms with Crippen LogP contribution in [0.1, 0.15) is 5.56 Å². The van der Waals surface area contributed by atoms with Crippen LogP contribution in [0.15, 0.2) is 71.6 Å². The Kier molecular flexibility index (Phi) is 5.67.